The van der Waals surface area contributed by atoms with E-state index in [0.29, 0.717) is 30.3 Å². The largest absolute Gasteiger partial charge is 0.493 e. The monoisotopic (exact) mass is 550 g/mol. The van der Waals surface area contributed by atoms with E-state index >= 15 is 0 Å². The molecule has 1 aliphatic heterocycles. The Morgan fingerprint density at radius 1 is 1.19 bits per heavy atom. The van der Waals surface area contributed by atoms with Crippen molar-refractivity contribution in [1.29, 1.82) is 0 Å². The average molecular weight is 550 g/mol. The molecule has 1 saturated heterocycles. The standard InChI is InChI=1S/C25H31IN2O4/c1-3-31-25(29)21-9-7-8-19(14-21)18-32-24-22(26)15-20(16-23(24)30-2)17-27-10-13-28-11-5-4-6-12-28/h7-9,14-17H,3-6,10-13,18H2,1-2H3. The number of benzene rings is 2. The van der Waals surface area contributed by atoms with Crippen LogP contribution in [-0.4, -0.2) is 57.0 Å². The third-order valence-electron chi connectivity index (χ3n) is 5.31. The molecule has 0 bridgehead atoms. The Morgan fingerprint density at radius 2 is 2.00 bits per heavy atom. The first-order valence-electron chi connectivity index (χ1n) is 11.1. The maximum Gasteiger partial charge on any atom is 0.338 e. The Hall–Kier alpha value is -2.13. The minimum Gasteiger partial charge on any atom is -0.493 e. The Labute approximate surface area is 204 Å². The topological polar surface area (TPSA) is 60.4 Å². The molecule has 1 heterocycles. The second-order valence-electron chi connectivity index (χ2n) is 7.68. The number of hydrogen-bond donors (Lipinski definition) is 0. The van der Waals surface area contributed by atoms with E-state index in [1.54, 1.807) is 26.2 Å². The molecule has 172 valence electrons. The van der Waals surface area contributed by atoms with Gasteiger partial charge in [-0.2, -0.15) is 0 Å². The van der Waals surface area contributed by atoms with E-state index in [0.717, 1.165) is 27.8 Å². The number of likely N-dealkylation sites (tertiary alicyclic amines) is 1. The Balaban J connectivity index is 1.61. The van der Waals surface area contributed by atoms with Crippen LogP contribution in [0.15, 0.2) is 41.4 Å². The number of ether oxygens (including phenoxy) is 3. The average Bonchev–Trinajstić information content (AvgIpc) is 2.82. The van der Waals surface area contributed by atoms with E-state index < -0.39 is 0 Å². The van der Waals surface area contributed by atoms with E-state index in [-0.39, 0.29) is 5.97 Å². The molecule has 0 unspecified atom stereocenters. The highest BCUT2D eigenvalue weighted by Crippen LogP contribution is 2.34. The van der Waals surface area contributed by atoms with Gasteiger partial charge in [-0.05, 0) is 90.8 Å². The van der Waals surface area contributed by atoms with Gasteiger partial charge in [0.05, 0.1) is 29.4 Å². The second kappa shape index (κ2) is 12.8. The summed E-state index contributed by atoms with van der Waals surface area (Å²) in [4.78, 5) is 19.1. The van der Waals surface area contributed by atoms with Crippen molar-refractivity contribution in [2.24, 2.45) is 4.99 Å². The van der Waals surface area contributed by atoms with Crippen molar-refractivity contribution < 1.29 is 19.0 Å². The number of aliphatic imine (C=N–C) groups is 1. The molecule has 0 radical (unpaired) electrons. The van der Waals surface area contributed by atoms with Crippen molar-refractivity contribution in [2.75, 3.05) is 39.9 Å². The second-order valence-corrected chi connectivity index (χ2v) is 8.84. The molecule has 0 N–H and O–H groups in total. The van der Waals surface area contributed by atoms with E-state index in [4.69, 9.17) is 14.2 Å². The summed E-state index contributed by atoms with van der Waals surface area (Å²) in [6.07, 6.45) is 5.85. The zero-order valence-electron chi connectivity index (χ0n) is 18.8. The lowest BCUT2D eigenvalue weighted by Gasteiger charge is -2.25. The Kier molecular flexibility index (Phi) is 9.80. The molecule has 0 atom stereocenters. The fourth-order valence-corrected chi connectivity index (χ4v) is 4.45. The van der Waals surface area contributed by atoms with Crippen LogP contribution in [0.3, 0.4) is 0 Å². The minimum atomic E-state index is -0.328. The highest BCUT2D eigenvalue weighted by Gasteiger charge is 2.13. The highest BCUT2D eigenvalue weighted by molar-refractivity contribution is 14.1. The van der Waals surface area contributed by atoms with Gasteiger partial charge in [0, 0.05) is 12.8 Å². The van der Waals surface area contributed by atoms with Crippen molar-refractivity contribution in [1.82, 2.24) is 4.90 Å². The fraction of sp³-hybridized carbons (Fsp3) is 0.440. The number of halogens is 1. The van der Waals surface area contributed by atoms with Gasteiger partial charge in [-0.1, -0.05) is 18.6 Å². The number of carbonyl (C=O) groups is 1. The lowest BCUT2D eigenvalue weighted by Crippen LogP contribution is -2.31. The van der Waals surface area contributed by atoms with Crippen LogP contribution in [0.1, 0.15) is 47.7 Å². The van der Waals surface area contributed by atoms with Crippen LogP contribution in [0.2, 0.25) is 0 Å². The van der Waals surface area contributed by atoms with Crippen LogP contribution in [0.25, 0.3) is 0 Å². The van der Waals surface area contributed by atoms with Gasteiger partial charge in [0.25, 0.3) is 0 Å². The summed E-state index contributed by atoms with van der Waals surface area (Å²) in [5.41, 5.74) is 2.39. The van der Waals surface area contributed by atoms with Crippen LogP contribution in [-0.2, 0) is 11.3 Å². The molecular weight excluding hydrogens is 519 g/mol. The summed E-state index contributed by atoms with van der Waals surface area (Å²) < 4.78 is 17.7. The van der Waals surface area contributed by atoms with E-state index in [9.17, 15) is 4.79 Å². The number of piperidine rings is 1. The van der Waals surface area contributed by atoms with Gasteiger partial charge in [-0.15, -0.1) is 0 Å². The Bertz CT molecular complexity index is 926. The van der Waals surface area contributed by atoms with Crippen LogP contribution >= 0.6 is 22.6 Å². The number of hydrogen-bond acceptors (Lipinski definition) is 6. The molecule has 2 aromatic carbocycles. The molecule has 32 heavy (non-hydrogen) atoms. The van der Waals surface area contributed by atoms with Gasteiger partial charge in [-0.3, -0.25) is 4.99 Å². The third kappa shape index (κ3) is 7.20. The summed E-state index contributed by atoms with van der Waals surface area (Å²) in [5, 5.41) is 0. The van der Waals surface area contributed by atoms with Gasteiger partial charge >= 0.3 is 5.97 Å². The van der Waals surface area contributed by atoms with Crippen molar-refractivity contribution >= 4 is 34.8 Å². The van der Waals surface area contributed by atoms with Crippen molar-refractivity contribution in [3.63, 3.8) is 0 Å². The molecule has 6 nitrogen and oxygen atoms in total. The first kappa shape index (κ1) is 24.5. The predicted octanol–water partition coefficient (Wildman–Crippen LogP) is 4.96. The van der Waals surface area contributed by atoms with E-state index in [1.807, 2.05) is 30.5 Å². The summed E-state index contributed by atoms with van der Waals surface area (Å²) in [6.45, 7) is 6.66. The summed E-state index contributed by atoms with van der Waals surface area (Å²) in [5.74, 6) is 1.02. The van der Waals surface area contributed by atoms with Gasteiger partial charge in [-0.25, -0.2) is 4.79 Å². The smallest absolute Gasteiger partial charge is 0.338 e. The Morgan fingerprint density at radius 3 is 2.75 bits per heavy atom. The third-order valence-corrected chi connectivity index (χ3v) is 6.11. The summed E-state index contributed by atoms with van der Waals surface area (Å²) in [7, 11) is 1.64. The molecule has 0 aromatic heterocycles. The van der Waals surface area contributed by atoms with Gasteiger partial charge in [0.2, 0.25) is 0 Å². The number of carbonyl (C=O) groups excluding carboxylic acids is 1. The van der Waals surface area contributed by atoms with Crippen molar-refractivity contribution in [3.05, 3.63) is 56.7 Å². The zero-order valence-corrected chi connectivity index (χ0v) is 21.0. The maximum absolute atomic E-state index is 12.0. The first-order chi connectivity index (χ1) is 15.6. The number of esters is 1. The molecule has 1 aliphatic rings. The summed E-state index contributed by atoms with van der Waals surface area (Å²) >= 11 is 2.25. The lowest BCUT2D eigenvalue weighted by molar-refractivity contribution is 0.0526. The number of rotatable bonds is 10. The lowest BCUT2D eigenvalue weighted by atomic mass is 10.1. The SMILES string of the molecule is CCOC(=O)c1cccc(COc2c(I)cc(C=NCCN3CCCCC3)cc2OC)c1. The molecule has 0 aliphatic carbocycles. The molecule has 0 spiro atoms. The highest BCUT2D eigenvalue weighted by atomic mass is 127. The van der Waals surface area contributed by atoms with Gasteiger partial charge in [0.15, 0.2) is 11.5 Å². The van der Waals surface area contributed by atoms with Crippen LogP contribution in [0.5, 0.6) is 11.5 Å². The fourth-order valence-electron chi connectivity index (χ4n) is 3.66. The predicted molar refractivity (Wildman–Crippen MR) is 135 cm³/mol. The number of methoxy groups -OCH3 is 1. The molecule has 3 rings (SSSR count). The molecular formula is C25H31IN2O4. The van der Waals surface area contributed by atoms with Gasteiger partial charge in [0.1, 0.15) is 6.61 Å². The normalized spacial score (nSPS) is 14.5. The molecule has 7 heteroatoms. The molecule has 0 amide bonds. The van der Waals surface area contributed by atoms with Crippen molar-refractivity contribution in [2.45, 2.75) is 32.8 Å². The minimum absolute atomic E-state index is 0.322. The number of nitrogens with zero attached hydrogens (tertiary/aromatic N) is 2. The van der Waals surface area contributed by atoms with Crippen LogP contribution in [0, 0.1) is 3.57 Å². The van der Waals surface area contributed by atoms with Gasteiger partial charge < -0.3 is 19.1 Å². The molecule has 0 saturated carbocycles. The first-order valence-corrected chi connectivity index (χ1v) is 12.2. The van der Waals surface area contributed by atoms with Crippen LogP contribution < -0.4 is 9.47 Å². The summed E-state index contributed by atoms with van der Waals surface area (Å²) in [6, 6.07) is 11.3. The van der Waals surface area contributed by atoms with E-state index in [1.165, 1.54) is 32.4 Å². The molecule has 2 aromatic rings. The molecule has 1 fully saturated rings. The van der Waals surface area contributed by atoms with Crippen LogP contribution in [0.4, 0.5) is 0 Å². The maximum atomic E-state index is 12.0. The van der Waals surface area contributed by atoms with E-state index in [2.05, 4.69) is 32.5 Å². The zero-order chi connectivity index (χ0) is 22.8. The quantitative estimate of drug-likeness (QED) is 0.238. The van der Waals surface area contributed by atoms with Crippen molar-refractivity contribution in [3.8, 4) is 11.5 Å².